The lowest BCUT2D eigenvalue weighted by Gasteiger charge is -2.36. The van der Waals surface area contributed by atoms with Crippen LogP contribution in [-0.2, 0) is 9.53 Å². The summed E-state index contributed by atoms with van der Waals surface area (Å²) < 4.78 is 4.84. The Hall–Kier alpha value is -1.52. The third-order valence-corrected chi connectivity index (χ3v) is 3.34. The highest BCUT2D eigenvalue weighted by molar-refractivity contribution is 5.82. The highest BCUT2D eigenvalue weighted by Crippen LogP contribution is 2.37. The monoisotopic (exact) mass is 269 g/mol. The summed E-state index contributed by atoms with van der Waals surface area (Å²) >= 11 is 0. The van der Waals surface area contributed by atoms with E-state index < -0.39 is 6.09 Å². The fourth-order valence-corrected chi connectivity index (χ4v) is 2.73. The van der Waals surface area contributed by atoms with Crippen LogP contribution in [-0.4, -0.2) is 41.3 Å². The number of nitrogens with zero attached hydrogens (tertiary/aromatic N) is 1. The summed E-state index contributed by atoms with van der Waals surface area (Å²) in [6.07, 6.45) is 3.05. The first-order chi connectivity index (χ1) is 8.77. The first-order valence-corrected chi connectivity index (χ1v) is 6.62. The van der Waals surface area contributed by atoms with Gasteiger partial charge in [0, 0.05) is 24.6 Å². The molecule has 0 aromatic rings. The standard InChI is InChI=1S/C14H23NO4/c1-5-19-11(16)7-6-10-8-9-15(13(17)18)12(10)14(2,3)4/h6-7,10,12H,5,8-9H2,1-4H3,(H,17,18)/b7-6+/t10-,12?/m1/s1. The maximum absolute atomic E-state index is 11.3. The van der Waals surface area contributed by atoms with Gasteiger partial charge in [-0.1, -0.05) is 26.8 Å². The molecule has 0 saturated carbocycles. The van der Waals surface area contributed by atoms with E-state index >= 15 is 0 Å². The summed E-state index contributed by atoms with van der Waals surface area (Å²) in [6, 6.07) is -0.115. The minimum absolute atomic E-state index is 0.0560. The van der Waals surface area contributed by atoms with E-state index in [-0.39, 0.29) is 23.3 Å². The number of rotatable bonds is 3. The number of carbonyl (C=O) groups excluding carboxylic acids is 1. The number of ether oxygens (including phenoxy) is 1. The molecule has 0 aromatic heterocycles. The van der Waals surface area contributed by atoms with Gasteiger partial charge < -0.3 is 14.7 Å². The van der Waals surface area contributed by atoms with Gasteiger partial charge in [0.2, 0.25) is 0 Å². The van der Waals surface area contributed by atoms with Crippen molar-refractivity contribution in [2.45, 2.75) is 40.2 Å². The topological polar surface area (TPSA) is 66.8 Å². The van der Waals surface area contributed by atoms with E-state index in [2.05, 4.69) is 0 Å². The molecule has 19 heavy (non-hydrogen) atoms. The Bertz CT molecular complexity index is 370. The number of carbonyl (C=O) groups is 2. The van der Waals surface area contributed by atoms with Gasteiger partial charge in [-0.2, -0.15) is 0 Å². The van der Waals surface area contributed by atoms with Crippen molar-refractivity contribution in [1.29, 1.82) is 0 Å². The Balaban J connectivity index is 2.83. The average molecular weight is 269 g/mol. The van der Waals surface area contributed by atoms with Crippen LogP contribution in [0.4, 0.5) is 4.79 Å². The van der Waals surface area contributed by atoms with Crippen LogP contribution in [0.25, 0.3) is 0 Å². The molecule has 0 aliphatic carbocycles. The van der Waals surface area contributed by atoms with Gasteiger partial charge in [-0.3, -0.25) is 0 Å². The molecule has 0 bridgehead atoms. The highest BCUT2D eigenvalue weighted by Gasteiger charge is 2.42. The fraction of sp³-hybridized carbons (Fsp3) is 0.714. The molecule has 1 amide bonds. The Morgan fingerprint density at radius 3 is 2.53 bits per heavy atom. The summed E-state index contributed by atoms with van der Waals surface area (Å²) in [4.78, 5) is 24.1. The maximum atomic E-state index is 11.3. The molecule has 108 valence electrons. The van der Waals surface area contributed by atoms with Gasteiger partial charge in [-0.15, -0.1) is 0 Å². The first kappa shape index (κ1) is 15.5. The van der Waals surface area contributed by atoms with Gasteiger partial charge in [-0.05, 0) is 18.8 Å². The lowest BCUT2D eigenvalue weighted by atomic mass is 9.79. The lowest BCUT2D eigenvalue weighted by molar-refractivity contribution is -0.137. The molecule has 0 radical (unpaired) electrons. The Labute approximate surface area is 114 Å². The molecule has 1 fully saturated rings. The van der Waals surface area contributed by atoms with Crippen LogP contribution in [0.3, 0.4) is 0 Å². The van der Waals surface area contributed by atoms with Crippen molar-refractivity contribution in [3.8, 4) is 0 Å². The zero-order valence-electron chi connectivity index (χ0n) is 12.0. The quantitative estimate of drug-likeness (QED) is 0.631. The van der Waals surface area contributed by atoms with E-state index in [9.17, 15) is 14.7 Å². The molecule has 1 N–H and O–H groups in total. The minimum atomic E-state index is -0.896. The Morgan fingerprint density at radius 1 is 1.42 bits per heavy atom. The number of esters is 1. The normalized spacial score (nSPS) is 23.9. The number of carboxylic acid groups (broad SMARTS) is 1. The van der Waals surface area contributed by atoms with E-state index in [4.69, 9.17) is 4.74 Å². The summed E-state index contributed by atoms with van der Waals surface area (Å²) in [6.45, 7) is 8.66. The second-order valence-electron chi connectivity index (χ2n) is 5.85. The lowest BCUT2D eigenvalue weighted by Crippen LogP contribution is -2.45. The predicted octanol–water partition coefficient (Wildman–Crippen LogP) is 2.52. The third kappa shape index (κ3) is 3.98. The van der Waals surface area contributed by atoms with Crippen molar-refractivity contribution in [3.05, 3.63) is 12.2 Å². The van der Waals surface area contributed by atoms with E-state index in [1.165, 1.54) is 11.0 Å². The Morgan fingerprint density at radius 2 is 2.05 bits per heavy atom. The second-order valence-corrected chi connectivity index (χ2v) is 5.85. The Kier molecular flexibility index (Phi) is 4.97. The van der Waals surface area contributed by atoms with Crippen molar-refractivity contribution in [1.82, 2.24) is 4.90 Å². The van der Waals surface area contributed by atoms with Crippen LogP contribution in [0, 0.1) is 11.3 Å². The SMILES string of the molecule is CCOC(=O)/C=C/[C@@H]1CCN(C(=O)O)C1C(C)(C)C. The van der Waals surface area contributed by atoms with Crippen molar-refractivity contribution in [3.63, 3.8) is 0 Å². The molecule has 0 aromatic carbocycles. The van der Waals surface area contributed by atoms with Gasteiger partial charge in [0.25, 0.3) is 0 Å². The molecule has 1 aliphatic heterocycles. The maximum Gasteiger partial charge on any atom is 0.407 e. The number of hydrogen-bond donors (Lipinski definition) is 1. The largest absolute Gasteiger partial charge is 0.465 e. The van der Waals surface area contributed by atoms with Gasteiger partial charge in [0.1, 0.15) is 0 Å². The summed E-state index contributed by atoms with van der Waals surface area (Å²) in [5.41, 5.74) is -0.168. The summed E-state index contributed by atoms with van der Waals surface area (Å²) in [5, 5.41) is 9.24. The zero-order chi connectivity index (χ0) is 14.6. The number of likely N-dealkylation sites (tertiary alicyclic amines) is 1. The first-order valence-electron chi connectivity index (χ1n) is 6.62. The minimum Gasteiger partial charge on any atom is -0.465 e. The van der Waals surface area contributed by atoms with Crippen LogP contribution in [0.15, 0.2) is 12.2 Å². The van der Waals surface area contributed by atoms with Gasteiger partial charge in [-0.25, -0.2) is 9.59 Å². The van der Waals surface area contributed by atoms with E-state index in [1.54, 1.807) is 13.0 Å². The fourth-order valence-electron chi connectivity index (χ4n) is 2.73. The average Bonchev–Trinajstić information content (AvgIpc) is 2.70. The van der Waals surface area contributed by atoms with Gasteiger partial charge in [0.05, 0.1) is 6.61 Å². The molecule has 1 heterocycles. The highest BCUT2D eigenvalue weighted by atomic mass is 16.5. The van der Waals surface area contributed by atoms with Gasteiger partial charge in [0.15, 0.2) is 0 Å². The second kappa shape index (κ2) is 6.08. The number of hydrogen-bond acceptors (Lipinski definition) is 3. The smallest absolute Gasteiger partial charge is 0.407 e. The molecular weight excluding hydrogens is 246 g/mol. The van der Waals surface area contributed by atoms with Crippen molar-refractivity contribution >= 4 is 12.1 Å². The van der Waals surface area contributed by atoms with Crippen molar-refractivity contribution < 1.29 is 19.4 Å². The van der Waals surface area contributed by atoms with Crippen LogP contribution in [0.2, 0.25) is 0 Å². The van der Waals surface area contributed by atoms with Crippen molar-refractivity contribution in [2.75, 3.05) is 13.2 Å². The van der Waals surface area contributed by atoms with E-state index in [0.717, 1.165) is 6.42 Å². The third-order valence-electron chi connectivity index (χ3n) is 3.34. The number of amides is 1. The van der Waals surface area contributed by atoms with Crippen molar-refractivity contribution in [2.24, 2.45) is 11.3 Å². The molecule has 5 heteroatoms. The molecule has 5 nitrogen and oxygen atoms in total. The predicted molar refractivity (Wildman–Crippen MR) is 71.9 cm³/mol. The van der Waals surface area contributed by atoms with Crippen LogP contribution >= 0.6 is 0 Å². The molecular formula is C14H23NO4. The summed E-state index contributed by atoms with van der Waals surface area (Å²) in [7, 11) is 0. The van der Waals surface area contributed by atoms with Crippen LogP contribution in [0.5, 0.6) is 0 Å². The van der Waals surface area contributed by atoms with Crippen LogP contribution < -0.4 is 0 Å². The molecule has 2 atom stereocenters. The molecule has 1 unspecified atom stereocenters. The molecule has 1 aliphatic rings. The molecule has 1 saturated heterocycles. The molecule has 0 spiro atoms. The molecule has 1 rings (SSSR count). The van der Waals surface area contributed by atoms with Gasteiger partial charge >= 0.3 is 12.1 Å². The van der Waals surface area contributed by atoms with E-state index in [1.807, 2.05) is 20.8 Å². The van der Waals surface area contributed by atoms with E-state index in [0.29, 0.717) is 13.2 Å². The zero-order valence-corrected chi connectivity index (χ0v) is 12.0. The van der Waals surface area contributed by atoms with Crippen LogP contribution in [0.1, 0.15) is 34.1 Å². The summed E-state index contributed by atoms with van der Waals surface area (Å²) in [5.74, 6) is -0.315.